The van der Waals surface area contributed by atoms with E-state index in [-0.39, 0.29) is 0 Å². The molecule has 4 aromatic rings. The Kier molecular flexibility index (Phi) is 7.54. The molecule has 0 fully saturated rings. The van der Waals surface area contributed by atoms with Gasteiger partial charge >= 0.3 is 7.69 Å². The molecule has 5 heteroatoms. The van der Waals surface area contributed by atoms with Crippen LogP contribution in [0.5, 0.6) is 23.0 Å². The van der Waals surface area contributed by atoms with Crippen LogP contribution in [0.3, 0.4) is 0 Å². The molecule has 4 rings (SSSR count). The van der Waals surface area contributed by atoms with Crippen LogP contribution in [-0.4, -0.2) is 20.9 Å². The van der Waals surface area contributed by atoms with Crippen molar-refractivity contribution in [2.24, 2.45) is 0 Å². The number of ether oxygens (including phenoxy) is 2. The van der Waals surface area contributed by atoms with Crippen molar-refractivity contribution in [1.29, 1.82) is 0 Å². The molecule has 0 aliphatic carbocycles. The smallest absolute Gasteiger partial charge is 0.526 e. The van der Waals surface area contributed by atoms with E-state index in [1.165, 1.54) is 7.69 Å². The second kappa shape index (κ2) is 11.1. The van der Waals surface area contributed by atoms with Gasteiger partial charge in [-0.1, -0.05) is 48.5 Å². The first-order chi connectivity index (χ1) is 16.2. The average molecular weight is 437 g/mol. The fraction of sp³-hybridized carbons (Fsp3) is 0.143. The Morgan fingerprint density at radius 2 is 0.697 bits per heavy atom. The van der Waals surface area contributed by atoms with Gasteiger partial charge < -0.3 is 18.8 Å². The lowest BCUT2D eigenvalue weighted by Crippen LogP contribution is -2.10. The van der Waals surface area contributed by atoms with Gasteiger partial charge in [-0.15, -0.1) is 0 Å². The Morgan fingerprint density at radius 1 is 0.424 bits per heavy atom. The number of hydrogen-bond acceptors (Lipinski definition) is 4. The highest BCUT2D eigenvalue weighted by Crippen LogP contribution is 2.26. The van der Waals surface area contributed by atoms with E-state index in [9.17, 15) is 0 Å². The van der Waals surface area contributed by atoms with Gasteiger partial charge in [-0.2, -0.15) is 0 Å². The summed E-state index contributed by atoms with van der Waals surface area (Å²) in [4.78, 5) is 0. The SMILES string of the molecule is CCOc1ccc(-c2ccc(O[B]Oc3ccc(-c4ccc(OCC)cc4)cc3)cc2)cc1. The summed E-state index contributed by atoms with van der Waals surface area (Å²) in [5, 5.41) is 0. The van der Waals surface area contributed by atoms with Gasteiger partial charge in [-0.05, 0) is 84.6 Å². The molecule has 165 valence electrons. The van der Waals surface area contributed by atoms with Crippen LogP contribution in [-0.2, 0) is 0 Å². The van der Waals surface area contributed by atoms with Crippen LogP contribution in [0.15, 0.2) is 97.1 Å². The molecule has 0 aliphatic rings. The molecular formula is C28H26BO4. The van der Waals surface area contributed by atoms with Crippen molar-refractivity contribution in [1.82, 2.24) is 0 Å². The first-order valence-electron chi connectivity index (χ1n) is 11.1. The van der Waals surface area contributed by atoms with Gasteiger partial charge in [0, 0.05) is 0 Å². The molecule has 0 spiro atoms. The van der Waals surface area contributed by atoms with Gasteiger partial charge in [-0.25, -0.2) is 0 Å². The molecule has 0 aromatic heterocycles. The van der Waals surface area contributed by atoms with E-state index in [1.54, 1.807) is 0 Å². The molecular weight excluding hydrogens is 411 g/mol. The van der Waals surface area contributed by atoms with Gasteiger partial charge in [0.25, 0.3) is 0 Å². The van der Waals surface area contributed by atoms with Crippen LogP contribution in [0.25, 0.3) is 22.3 Å². The Hall–Kier alpha value is -3.86. The molecule has 0 saturated carbocycles. The summed E-state index contributed by atoms with van der Waals surface area (Å²) >= 11 is 0. The van der Waals surface area contributed by atoms with Crippen molar-refractivity contribution in [3.8, 4) is 45.3 Å². The predicted octanol–water partition coefficient (Wildman–Crippen LogP) is 6.81. The maximum absolute atomic E-state index is 5.62. The van der Waals surface area contributed by atoms with E-state index in [1.807, 2.05) is 111 Å². The Labute approximate surface area is 196 Å². The zero-order valence-corrected chi connectivity index (χ0v) is 18.9. The fourth-order valence-corrected chi connectivity index (χ4v) is 3.41. The van der Waals surface area contributed by atoms with E-state index in [4.69, 9.17) is 18.8 Å². The summed E-state index contributed by atoms with van der Waals surface area (Å²) in [6.07, 6.45) is 0. The van der Waals surface area contributed by atoms with Gasteiger partial charge in [0.1, 0.15) is 23.0 Å². The average Bonchev–Trinajstić information content (AvgIpc) is 2.86. The largest absolute Gasteiger partial charge is 0.658 e. The molecule has 4 aromatic carbocycles. The van der Waals surface area contributed by atoms with Gasteiger partial charge in [0.15, 0.2) is 0 Å². The Balaban J connectivity index is 1.28. The zero-order chi connectivity index (χ0) is 22.9. The molecule has 0 atom stereocenters. The molecule has 0 unspecified atom stereocenters. The summed E-state index contributed by atoms with van der Waals surface area (Å²) < 4.78 is 22.2. The minimum atomic E-state index is 0.664. The van der Waals surface area contributed by atoms with Crippen molar-refractivity contribution in [2.75, 3.05) is 13.2 Å². The first kappa shape index (κ1) is 22.3. The summed E-state index contributed by atoms with van der Waals surface area (Å²) in [5.74, 6) is 3.16. The van der Waals surface area contributed by atoms with Crippen LogP contribution < -0.4 is 18.8 Å². The molecule has 0 bridgehead atoms. The Bertz CT molecular complexity index is 1030. The highest BCUT2D eigenvalue weighted by atomic mass is 16.6. The molecule has 0 aliphatic heterocycles. The van der Waals surface area contributed by atoms with Gasteiger partial charge in [0.2, 0.25) is 0 Å². The molecule has 4 nitrogen and oxygen atoms in total. The van der Waals surface area contributed by atoms with E-state index in [2.05, 4.69) is 0 Å². The lowest BCUT2D eigenvalue weighted by Gasteiger charge is -2.09. The molecule has 0 N–H and O–H groups in total. The lowest BCUT2D eigenvalue weighted by molar-refractivity contribution is 0.340. The second-order valence-corrected chi connectivity index (χ2v) is 7.30. The van der Waals surface area contributed by atoms with Crippen molar-refractivity contribution in [3.63, 3.8) is 0 Å². The van der Waals surface area contributed by atoms with Crippen molar-refractivity contribution < 1.29 is 18.8 Å². The summed E-state index contributed by atoms with van der Waals surface area (Å²) in [6.45, 7) is 5.28. The van der Waals surface area contributed by atoms with Gasteiger partial charge in [0.05, 0.1) is 13.2 Å². The van der Waals surface area contributed by atoms with Gasteiger partial charge in [-0.3, -0.25) is 0 Å². The minimum Gasteiger partial charge on any atom is -0.526 e. The van der Waals surface area contributed by atoms with Crippen LogP contribution in [0, 0.1) is 0 Å². The molecule has 0 amide bonds. The quantitative estimate of drug-likeness (QED) is 0.256. The van der Waals surface area contributed by atoms with E-state index in [0.717, 1.165) is 33.8 Å². The van der Waals surface area contributed by atoms with Crippen molar-refractivity contribution in [3.05, 3.63) is 97.1 Å². The molecule has 0 saturated heterocycles. The standard InChI is InChI=1S/C28H26BO4/c1-3-30-25-13-5-21(6-14-25)23-9-17-27(18-10-23)32-29-33-28-19-11-24(12-20-28)22-7-15-26(16-8-22)31-4-2/h5-20H,3-4H2,1-2H3. The third kappa shape index (κ3) is 6.10. The summed E-state index contributed by atoms with van der Waals surface area (Å²) in [6, 6.07) is 31.9. The van der Waals surface area contributed by atoms with E-state index >= 15 is 0 Å². The number of rotatable bonds is 10. The third-order valence-corrected chi connectivity index (χ3v) is 5.07. The highest BCUT2D eigenvalue weighted by Gasteiger charge is 2.05. The summed E-state index contributed by atoms with van der Waals surface area (Å²) in [5.41, 5.74) is 4.46. The normalized spacial score (nSPS) is 10.4. The zero-order valence-electron chi connectivity index (χ0n) is 18.9. The lowest BCUT2D eigenvalue weighted by atomic mass is 10.1. The maximum Gasteiger partial charge on any atom is 0.658 e. The maximum atomic E-state index is 5.62. The molecule has 0 heterocycles. The van der Waals surface area contributed by atoms with Crippen molar-refractivity contribution >= 4 is 7.69 Å². The molecule has 1 radical (unpaired) electrons. The number of benzene rings is 4. The van der Waals surface area contributed by atoms with Crippen LogP contribution in [0.1, 0.15) is 13.8 Å². The topological polar surface area (TPSA) is 36.9 Å². The predicted molar refractivity (Wildman–Crippen MR) is 133 cm³/mol. The van der Waals surface area contributed by atoms with Crippen LogP contribution in [0.4, 0.5) is 0 Å². The third-order valence-electron chi connectivity index (χ3n) is 5.07. The van der Waals surface area contributed by atoms with E-state index < -0.39 is 0 Å². The summed E-state index contributed by atoms with van der Waals surface area (Å²) in [7, 11) is 1.35. The fourth-order valence-electron chi connectivity index (χ4n) is 3.41. The van der Waals surface area contributed by atoms with Crippen LogP contribution in [0.2, 0.25) is 0 Å². The number of hydrogen-bond donors (Lipinski definition) is 0. The molecule has 33 heavy (non-hydrogen) atoms. The first-order valence-corrected chi connectivity index (χ1v) is 11.1. The highest BCUT2D eigenvalue weighted by molar-refractivity contribution is 6.20. The van der Waals surface area contributed by atoms with E-state index in [0.29, 0.717) is 24.7 Å². The second-order valence-electron chi connectivity index (χ2n) is 7.30. The monoisotopic (exact) mass is 437 g/mol. The Morgan fingerprint density at radius 3 is 0.970 bits per heavy atom. The van der Waals surface area contributed by atoms with Crippen molar-refractivity contribution in [2.45, 2.75) is 13.8 Å². The van der Waals surface area contributed by atoms with Crippen LogP contribution >= 0.6 is 0 Å². The minimum absolute atomic E-state index is 0.664.